The van der Waals surface area contributed by atoms with E-state index in [0.717, 1.165) is 6.07 Å². The van der Waals surface area contributed by atoms with E-state index in [1.165, 1.54) is 12.1 Å². The molecule has 3 nitrogen and oxygen atoms in total. The Balaban J connectivity index is 2.32. The second kappa shape index (κ2) is 6.13. The second-order valence-corrected chi connectivity index (χ2v) is 4.67. The van der Waals surface area contributed by atoms with Crippen molar-refractivity contribution in [1.29, 1.82) is 0 Å². The van der Waals surface area contributed by atoms with Gasteiger partial charge in [-0.15, -0.1) is 0 Å². The molecule has 2 aromatic rings. The van der Waals surface area contributed by atoms with Crippen LogP contribution in [0.15, 0.2) is 28.7 Å². The van der Waals surface area contributed by atoms with Gasteiger partial charge >= 0.3 is 0 Å². The molecule has 0 bridgehead atoms. The van der Waals surface area contributed by atoms with Crippen LogP contribution in [0.25, 0.3) is 0 Å². The first-order valence-corrected chi connectivity index (χ1v) is 6.53. The Kier molecular flexibility index (Phi) is 4.49. The second-order valence-electron chi connectivity index (χ2n) is 3.81. The molecule has 1 heterocycles. The van der Waals surface area contributed by atoms with Crippen molar-refractivity contribution in [3.05, 3.63) is 46.2 Å². The Labute approximate surface area is 121 Å². The molecule has 2 rings (SSSR count). The number of aromatic nitrogens is 1. The first-order chi connectivity index (χ1) is 9.51. The van der Waals surface area contributed by atoms with E-state index in [4.69, 9.17) is 4.74 Å². The zero-order valence-corrected chi connectivity index (χ0v) is 12.0. The summed E-state index contributed by atoms with van der Waals surface area (Å²) in [5, 5.41) is 2.65. The number of hydrogen-bond donors (Lipinski definition) is 1. The highest BCUT2D eigenvalue weighted by atomic mass is 79.9. The number of nitrogens with one attached hydrogen (secondary N) is 1. The number of ether oxygens (including phenoxy) is 1. The van der Waals surface area contributed by atoms with Crippen molar-refractivity contribution in [3.8, 4) is 11.6 Å². The maximum absolute atomic E-state index is 13.6. The fourth-order valence-electron chi connectivity index (χ4n) is 1.46. The Morgan fingerprint density at radius 1 is 1.15 bits per heavy atom. The highest BCUT2D eigenvalue weighted by Gasteiger charge is 2.14. The third-order valence-corrected chi connectivity index (χ3v) is 2.95. The Morgan fingerprint density at radius 3 is 2.55 bits per heavy atom. The zero-order chi connectivity index (χ0) is 14.7. The molecule has 1 aromatic carbocycles. The molecular weight excluding hydrogens is 337 g/mol. The summed E-state index contributed by atoms with van der Waals surface area (Å²) in [5.74, 6) is -2.54. The fourth-order valence-corrected chi connectivity index (χ4v) is 1.82. The molecule has 0 amide bonds. The van der Waals surface area contributed by atoms with Crippen LogP contribution in [0.2, 0.25) is 0 Å². The van der Waals surface area contributed by atoms with Crippen molar-refractivity contribution >= 4 is 21.7 Å². The van der Waals surface area contributed by atoms with E-state index in [9.17, 15) is 13.2 Å². The van der Waals surface area contributed by atoms with Crippen LogP contribution >= 0.6 is 15.9 Å². The zero-order valence-electron chi connectivity index (χ0n) is 10.4. The van der Waals surface area contributed by atoms with Crippen molar-refractivity contribution in [3.63, 3.8) is 0 Å². The lowest BCUT2D eigenvalue weighted by Crippen LogP contribution is -2.04. The van der Waals surface area contributed by atoms with Crippen LogP contribution in [0.1, 0.15) is 6.92 Å². The van der Waals surface area contributed by atoms with Crippen LogP contribution in [0.5, 0.6) is 11.6 Å². The van der Waals surface area contributed by atoms with Crippen LogP contribution in [0.4, 0.5) is 19.0 Å². The molecule has 106 valence electrons. The van der Waals surface area contributed by atoms with Gasteiger partial charge in [0.1, 0.15) is 11.6 Å². The monoisotopic (exact) mass is 346 g/mol. The average molecular weight is 347 g/mol. The molecular formula is C13H10BrF3N2O. The molecule has 0 atom stereocenters. The minimum absolute atomic E-state index is 0.106. The predicted molar refractivity (Wildman–Crippen MR) is 72.5 cm³/mol. The molecule has 1 N–H and O–H groups in total. The first-order valence-electron chi connectivity index (χ1n) is 5.74. The van der Waals surface area contributed by atoms with Gasteiger partial charge in [-0.1, -0.05) is 0 Å². The largest absolute Gasteiger partial charge is 0.436 e. The molecule has 7 heteroatoms. The lowest BCUT2D eigenvalue weighted by atomic mass is 10.3. The van der Waals surface area contributed by atoms with Gasteiger partial charge in [-0.05, 0) is 41.1 Å². The Morgan fingerprint density at radius 2 is 1.90 bits per heavy atom. The third kappa shape index (κ3) is 3.22. The number of pyridine rings is 1. The van der Waals surface area contributed by atoms with E-state index >= 15 is 0 Å². The highest BCUT2D eigenvalue weighted by Crippen LogP contribution is 2.28. The van der Waals surface area contributed by atoms with E-state index in [1.54, 1.807) is 6.92 Å². The Bertz CT molecular complexity index is 637. The third-order valence-electron chi connectivity index (χ3n) is 2.35. The number of anilines is 1. The van der Waals surface area contributed by atoms with Crippen LogP contribution in [-0.4, -0.2) is 11.5 Å². The number of benzene rings is 1. The van der Waals surface area contributed by atoms with Gasteiger partial charge in [0.25, 0.3) is 5.88 Å². The van der Waals surface area contributed by atoms with Crippen LogP contribution in [0.3, 0.4) is 0 Å². The topological polar surface area (TPSA) is 34.2 Å². The average Bonchev–Trinajstić information content (AvgIpc) is 2.39. The van der Waals surface area contributed by atoms with Gasteiger partial charge in [0.2, 0.25) is 0 Å². The van der Waals surface area contributed by atoms with Gasteiger partial charge in [-0.2, -0.15) is 4.98 Å². The SMILES string of the molecule is CCNc1nc(Oc2ccc(F)c(Br)c2)c(F)cc1F. The van der Waals surface area contributed by atoms with E-state index in [-0.39, 0.29) is 21.9 Å². The summed E-state index contributed by atoms with van der Waals surface area (Å²) in [6.07, 6.45) is 0. The van der Waals surface area contributed by atoms with Crippen LogP contribution < -0.4 is 10.1 Å². The first kappa shape index (κ1) is 14.6. The lowest BCUT2D eigenvalue weighted by Gasteiger charge is -2.09. The highest BCUT2D eigenvalue weighted by molar-refractivity contribution is 9.10. The Hall–Kier alpha value is -1.76. The molecule has 20 heavy (non-hydrogen) atoms. The molecule has 1 aromatic heterocycles. The summed E-state index contributed by atoms with van der Waals surface area (Å²) in [5.41, 5.74) is 0. The molecule has 0 aliphatic carbocycles. The molecule has 0 saturated carbocycles. The van der Waals surface area contributed by atoms with E-state index < -0.39 is 17.5 Å². The normalized spacial score (nSPS) is 10.4. The molecule has 0 saturated heterocycles. The molecule has 0 unspecified atom stereocenters. The molecule has 0 fully saturated rings. The van der Waals surface area contributed by atoms with E-state index in [1.807, 2.05) is 0 Å². The summed E-state index contributed by atoms with van der Waals surface area (Å²) in [4.78, 5) is 3.72. The number of rotatable bonds is 4. The van der Waals surface area contributed by atoms with Crippen molar-refractivity contribution < 1.29 is 17.9 Å². The van der Waals surface area contributed by atoms with Gasteiger partial charge < -0.3 is 10.1 Å². The minimum Gasteiger partial charge on any atom is -0.436 e. The maximum Gasteiger partial charge on any atom is 0.258 e. The summed E-state index contributed by atoms with van der Waals surface area (Å²) in [6, 6.07) is 4.48. The van der Waals surface area contributed by atoms with Crippen molar-refractivity contribution in [2.75, 3.05) is 11.9 Å². The van der Waals surface area contributed by atoms with Gasteiger partial charge in [0.05, 0.1) is 4.47 Å². The summed E-state index contributed by atoms with van der Waals surface area (Å²) >= 11 is 2.99. The van der Waals surface area contributed by atoms with Crippen LogP contribution in [-0.2, 0) is 0 Å². The van der Waals surface area contributed by atoms with Crippen molar-refractivity contribution in [1.82, 2.24) is 4.98 Å². The fraction of sp³-hybridized carbons (Fsp3) is 0.154. The van der Waals surface area contributed by atoms with Crippen LogP contribution in [0, 0.1) is 17.5 Å². The quantitative estimate of drug-likeness (QED) is 0.885. The van der Waals surface area contributed by atoms with E-state index in [2.05, 4.69) is 26.2 Å². The van der Waals surface area contributed by atoms with Gasteiger partial charge in [0, 0.05) is 12.6 Å². The van der Waals surface area contributed by atoms with Crippen molar-refractivity contribution in [2.24, 2.45) is 0 Å². The number of hydrogen-bond acceptors (Lipinski definition) is 3. The van der Waals surface area contributed by atoms with E-state index in [0.29, 0.717) is 12.6 Å². The molecule has 0 spiro atoms. The molecule has 0 aliphatic heterocycles. The maximum atomic E-state index is 13.6. The minimum atomic E-state index is -0.940. The standard InChI is InChI=1S/C13H10BrF3N2O/c1-2-18-12-10(16)6-11(17)13(19-12)20-7-3-4-9(15)8(14)5-7/h3-6H,2H2,1H3,(H,18,19). The van der Waals surface area contributed by atoms with Gasteiger partial charge in [-0.25, -0.2) is 13.2 Å². The lowest BCUT2D eigenvalue weighted by molar-refractivity contribution is 0.417. The molecule has 0 aliphatic rings. The summed E-state index contributed by atoms with van der Waals surface area (Å²) in [6.45, 7) is 2.18. The van der Waals surface area contributed by atoms with Gasteiger partial charge in [0.15, 0.2) is 17.5 Å². The number of halogens is 4. The smallest absolute Gasteiger partial charge is 0.258 e. The molecule has 0 radical (unpaired) electrons. The summed E-state index contributed by atoms with van der Waals surface area (Å²) < 4.78 is 45.4. The summed E-state index contributed by atoms with van der Waals surface area (Å²) in [7, 11) is 0. The predicted octanol–water partition coefficient (Wildman–Crippen LogP) is 4.49. The van der Waals surface area contributed by atoms with Gasteiger partial charge in [-0.3, -0.25) is 0 Å². The number of nitrogens with zero attached hydrogens (tertiary/aromatic N) is 1. The van der Waals surface area contributed by atoms with Crippen molar-refractivity contribution in [2.45, 2.75) is 6.92 Å².